The lowest BCUT2D eigenvalue weighted by molar-refractivity contribution is 0.139. The van der Waals surface area contributed by atoms with Crippen LogP contribution in [0.3, 0.4) is 0 Å². The third-order valence-electron chi connectivity index (χ3n) is 2.96. The van der Waals surface area contributed by atoms with Crippen molar-refractivity contribution in [1.82, 2.24) is 0 Å². The van der Waals surface area contributed by atoms with E-state index in [1.807, 2.05) is 0 Å². The first-order valence-corrected chi connectivity index (χ1v) is 9.25. The van der Waals surface area contributed by atoms with Gasteiger partial charge in [0.15, 0.2) is 8.32 Å². The predicted molar refractivity (Wildman–Crippen MR) is 77.2 cm³/mol. The van der Waals surface area contributed by atoms with E-state index in [-0.39, 0.29) is 0 Å². The molecule has 106 valence electrons. The molecule has 0 heterocycles. The lowest BCUT2D eigenvalue weighted by atomic mass is 10.2. The summed E-state index contributed by atoms with van der Waals surface area (Å²) < 4.78 is 15.5. The number of hydrogen-bond acceptors (Lipinski definition) is 3. The molecule has 4 heteroatoms. The first kappa shape index (κ1) is 19.4. The van der Waals surface area contributed by atoms with E-state index in [1.54, 1.807) is 14.2 Å². The van der Waals surface area contributed by atoms with E-state index < -0.39 is 8.32 Å². The third kappa shape index (κ3) is 10.9. The topological polar surface area (TPSA) is 27.7 Å². The standard InChI is InChI=1S/C9H22O2Si.C4H10O/c1-9(2,3)12(5,6)11-8-7-10-4;1-3-4-5-2/h7-8H2,1-6H3;3-4H2,1-2H3. The maximum Gasteiger partial charge on any atom is 0.192 e. The Bertz CT molecular complexity index is 163. The van der Waals surface area contributed by atoms with E-state index in [9.17, 15) is 0 Å². The molecule has 0 radical (unpaired) electrons. The summed E-state index contributed by atoms with van der Waals surface area (Å²) in [6.45, 7) is 15.6. The summed E-state index contributed by atoms with van der Waals surface area (Å²) in [5.41, 5.74) is 0. The van der Waals surface area contributed by atoms with Crippen molar-refractivity contribution in [2.24, 2.45) is 0 Å². The van der Waals surface area contributed by atoms with Gasteiger partial charge in [-0.05, 0) is 24.6 Å². The molecule has 0 bridgehead atoms. The van der Waals surface area contributed by atoms with Gasteiger partial charge < -0.3 is 13.9 Å². The van der Waals surface area contributed by atoms with Gasteiger partial charge in [0, 0.05) is 20.8 Å². The molecule has 0 rings (SSSR count). The molecule has 0 saturated carbocycles. The fourth-order valence-corrected chi connectivity index (χ4v) is 1.83. The Kier molecular flexibility index (Phi) is 11.5. The summed E-state index contributed by atoms with van der Waals surface area (Å²) >= 11 is 0. The van der Waals surface area contributed by atoms with Gasteiger partial charge in [-0.15, -0.1) is 0 Å². The molecule has 0 amide bonds. The second kappa shape index (κ2) is 10.1. The number of ether oxygens (including phenoxy) is 2. The second-order valence-corrected chi connectivity index (χ2v) is 10.4. The Morgan fingerprint density at radius 1 is 0.882 bits per heavy atom. The summed E-state index contributed by atoms with van der Waals surface area (Å²) in [7, 11) is 1.89. The molecule has 0 aliphatic rings. The van der Waals surface area contributed by atoms with Gasteiger partial charge in [0.05, 0.1) is 13.2 Å². The van der Waals surface area contributed by atoms with Gasteiger partial charge in [-0.25, -0.2) is 0 Å². The fraction of sp³-hybridized carbons (Fsp3) is 1.00. The van der Waals surface area contributed by atoms with Crippen LogP contribution >= 0.6 is 0 Å². The molecule has 0 fully saturated rings. The molecule has 0 spiro atoms. The largest absolute Gasteiger partial charge is 0.414 e. The highest BCUT2D eigenvalue weighted by atomic mass is 28.4. The molecule has 0 unspecified atom stereocenters. The monoisotopic (exact) mass is 264 g/mol. The molecule has 0 aliphatic carbocycles. The average Bonchev–Trinajstić information content (AvgIpc) is 2.18. The number of hydrogen-bond donors (Lipinski definition) is 0. The Hall–Kier alpha value is 0.0969. The van der Waals surface area contributed by atoms with Crippen LogP contribution in [0, 0.1) is 0 Å². The Morgan fingerprint density at radius 2 is 1.35 bits per heavy atom. The molecule has 0 aromatic heterocycles. The van der Waals surface area contributed by atoms with Crippen LogP contribution in [0.4, 0.5) is 0 Å². The van der Waals surface area contributed by atoms with Crippen LogP contribution in [0.15, 0.2) is 0 Å². The Labute approximate surface area is 109 Å². The SMILES string of the molecule is CCCOC.COCCO[Si](C)(C)C(C)(C)C. The van der Waals surface area contributed by atoms with Crippen molar-refractivity contribution in [3.8, 4) is 0 Å². The maximum atomic E-state index is 5.85. The van der Waals surface area contributed by atoms with Crippen molar-refractivity contribution in [2.75, 3.05) is 34.0 Å². The molecule has 17 heavy (non-hydrogen) atoms. The van der Waals surface area contributed by atoms with E-state index in [2.05, 4.69) is 40.8 Å². The number of rotatable bonds is 6. The van der Waals surface area contributed by atoms with E-state index in [1.165, 1.54) is 0 Å². The Morgan fingerprint density at radius 3 is 1.59 bits per heavy atom. The summed E-state index contributed by atoms with van der Waals surface area (Å²) in [5, 5.41) is 0.306. The van der Waals surface area contributed by atoms with Crippen LogP contribution in [-0.2, 0) is 13.9 Å². The van der Waals surface area contributed by atoms with Crippen molar-refractivity contribution in [1.29, 1.82) is 0 Å². The first-order valence-electron chi connectivity index (χ1n) is 6.34. The molecule has 0 saturated heterocycles. The van der Waals surface area contributed by atoms with E-state index in [0.29, 0.717) is 11.6 Å². The first-order chi connectivity index (χ1) is 7.72. The van der Waals surface area contributed by atoms with Crippen molar-refractivity contribution in [3.63, 3.8) is 0 Å². The fourth-order valence-electron chi connectivity index (χ4n) is 0.801. The molecule has 0 atom stereocenters. The minimum Gasteiger partial charge on any atom is -0.414 e. The number of methoxy groups -OCH3 is 2. The molecule has 3 nitrogen and oxygen atoms in total. The van der Waals surface area contributed by atoms with Gasteiger partial charge in [0.25, 0.3) is 0 Å². The van der Waals surface area contributed by atoms with Gasteiger partial charge >= 0.3 is 0 Å². The lowest BCUT2D eigenvalue weighted by Gasteiger charge is -2.36. The van der Waals surface area contributed by atoms with Crippen molar-refractivity contribution >= 4 is 8.32 Å². The van der Waals surface area contributed by atoms with Gasteiger partial charge in [-0.2, -0.15) is 0 Å². The molecule has 0 aliphatic heterocycles. The maximum absolute atomic E-state index is 5.85. The van der Waals surface area contributed by atoms with Crippen LogP contribution < -0.4 is 0 Å². The smallest absolute Gasteiger partial charge is 0.192 e. The van der Waals surface area contributed by atoms with Crippen molar-refractivity contribution in [3.05, 3.63) is 0 Å². The minimum absolute atomic E-state index is 0.306. The summed E-state index contributed by atoms with van der Waals surface area (Å²) in [6, 6.07) is 0. The molecule has 0 N–H and O–H groups in total. The van der Waals surface area contributed by atoms with Crippen molar-refractivity contribution in [2.45, 2.75) is 52.2 Å². The minimum atomic E-state index is -1.52. The summed E-state index contributed by atoms with van der Waals surface area (Å²) in [6.07, 6.45) is 1.12. The van der Waals surface area contributed by atoms with Gasteiger partial charge in [0.2, 0.25) is 0 Å². The quantitative estimate of drug-likeness (QED) is 0.541. The van der Waals surface area contributed by atoms with Crippen molar-refractivity contribution < 1.29 is 13.9 Å². The van der Waals surface area contributed by atoms with Crippen LogP contribution in [0.1, 0.15) is 34.1 Å². The lowest BCUT2D eigenvalue weighted by Crippen LogP contribution is -2.41. The highest BCUT2D eigenvalue weighted by Crippen LogP contribution is 2.36. The molecule has 0 aromatic carbocycles. The molecular weight excluding hydrogens is 232 g/mol. The van der Waals surface area contributed by atoms with E-state index in [0.717, 1.165) is 19.6 Å². The molecule has 0 aromatic rings. The summed E-state index contributed by atoms with van der Waals surface area (Å²) in [4.78, 5) is 0. The highest BCUT2D eigenvalue weighted by molar-refractivity contribution is 6.74. The van der Waals surface area contributed by atoms with Gasteiger partial charge in [0.1, 0.15) is 0 Å². The van der Waals surface area contributed by atoms with Gasteiger partial charge in [-0.3, -0.25) is 0 Å². The molecular formula is C13H32O3Si. The normalized spacial score (nSPS) is 12.0. The van der Waals surface area contributed by atoms with Gasteiger partial charge in [-0.1, -0.05) is 27.7 Å². The van der Waals surface area contributed by atoms with E-state index in [4.69, 9.17) is 13.9 Å². The Balaban J connectivity index is 0. The average molecular weight is 264 g/mol. The zero-order valence-corrected chi connectivity index (χ0v) is 14.1. The predicted octanol–water partition coefficient (Wildman–Crippen LogP) is 3.70. The highest BCUT2D eigenvalue weighted by Gasteiger charge is 2.36. The zero-order chi connectivity index (χ0) is 13.9. The van der Waals surface area contributed by atoms with Crippen LogP contribution in [0.5, 0.6) is 0 Å². The second-order valence-electron chi connectivity index (χ2n) is 5.59. The zero-order valence-electron chi connectivity index (χ0n) is 13.1. The summed E-state index contributed by atoms with van der Waals surface area (Å²) in [5.74, 6) is 0. The third-order valence-corrected chi connectivity index (χ3v) is 7.50. The van der Waals surface area contributed by atoms with E-state index >= 15 is 0 Å². The van der Waals surface area contributed by atoms with Crippen LogP contribution in [0.25, 0.3) is 0 Å². The van der Waals surface area contributed by atoms with Crippen LogP contribution in [-0.4, -0.2) is 42.4 Å². The van der Waals surface area contributed by atoms with Crippen LogP contribution in [0.2, 0.25) is 18.1 Å².